The van der Waals surface area contributed by atoms with Crippen LogP contribution in [-0.2, 0) is 9.53 Å². The van der Waals surface area contributed by atoms with Gasteiger partial charge in [-0.05, 0) is 47.6 Å². The van der Waals surface area contributed by atoms with Crippen LogP contribution in [0.4, 0.5) is 0 Å². The van der Waals surface area contributed by atoms with Crippen LogP contribution in [-0.4, -0.2) is 35.4 Å². The molecule has 4 nitrogen and oxygen atoms in total. The predicted molar refractivity (Wildman–Crippen MR) is 62.1 cm³/mol. The van der Waals surface area contributed by atoms with E-state index in [1.807, 2.05) is 20.8 Å². The van der Waals surface area contributed by atoms with Gasteiger partial charge in [0, 0.05) is 6.54 Å². The minimum atomic E-state index is -1.00. The van der Waals surface area contributed by atoms with E-state index in [-0.39, 0.29) is 5.97 Å². The highest BCUT2D eigenvalue weighted by atomic mass is 16.6. The van der Waals surface area contributed by atoms with Crippen LogP contribution >= 0.6 is 0 Å². The molecule has 1 saturated heterocycles. The molecule has 0 saturated carbocycles. The van der Waals surface area contributed by atoms with Crippen molar-refractivity contribution in [1.29, 1.82) is 0 Å². The van der Waals surface area contributed by atoms with Crippen molar-refractivity contribution in [3.05, 3.63) is 0 Å². The second-order valence-corrected chi connectivity index (χ2v) is 6.09. The second-order valence-electron chi connectivity index (χ2n) is 6.09. The number of carbonyl (C=O) groups is 1. The molecule has 1 rings (SSSR count). The fourth-order valence-corrected chi connectivity index (χ4v) is 1.81. The zero-order chi connectivity index (χ0) is 12.6. The van der Waals surface area contributed by atoms with E-state index in [2.05, 4.69) is 5.32 Å². The summed E-state index contributed by atoms with van der Waals surface area (Å²) in [6, 6.07) is 0. The van der Waals surface area contributed by atoms with Gasteiger partial charge < -0.3 is 15.2 Å². The van der Waals surface area contributed by atoms with Crippen LogP contribution in [0.25, 0.3) is 0 Å². The molecule has 0 amide bonds. The lowest BCUT2D eigenvalue weighted by molar-refractivity contribution is -0.180. The van der Waals surface area contributed by atoms with E-state index >= 15 is 0 Å². The SMILES string of the molecule is CC(C)(C)OC(=O)C(C)(C)C1(O)CCNC1. The maximum Gasteiger partial charge on any atom is 0.315 e. The molecule has 0 aromatic heterocycles. The van der Waals surface area contributed by atoms with Gasteiger partial charge in [0.1, 0.15) is 5.60 Å². The van der Waals surface area contributed by atoms with Crippen LogP contribution in [0.2, 0.25) is 0 Å². The van der Waals surface area contributed by atoms with E-state index in [9.17, 15) is 9.90 Å². The van der Waals surface area contributed by atoms with E-state index in [4.69, 9.17) is 4.74 Å². The van der Waals surface area contributed by atoms with Gasteiger partial charge in [-0.3, -0.25) is 4.79 Å². The molecule has 1 atom stereocenters. The summed E-state index contributed by atoms with van der Waals surface area (Å²) in [5, 5.41) is 13.5. The number of hydrogen-bond acceptors (Lipinski definition) is 4. The van der Waals surface area contributed by atoms with Gasteiger partial charge >= 0.3 is 5.97 Å². The average molecular weight is 229 g/mol. The van der Waals surface area contributed by atoms with E-state index in [1.165, 1.54) is 0 Å². The van der Waals surface area contributed by atoms with Crippen molar-refractivity contribution in [2.24, 2.45) is 5.41 Å². The molecule has 0 spiro atoms. The summed E-state index contributed by atoms with van der Waals surface area (Å²) in [6.45, 7) is 10.2. The number of nitrogens with one attached hydrogen (secondary N) is 1. The Kier molecular flexibility index (Phi) is 3.37. The van der Waals surface area contributed by atoms with Gasteiger partial charge in [-0.25, -0.2) is 0 Å². The molecule has 1 unspecified atom stereocenters. The Morgan fingerprint density at radius 1 is 1.31 bits per heavy atom. The number of β-amino-alcohol motifs (C(OH)–C–C–N with tert-alkyl or cyclic N) is 1. The molecule has 1 aliphatic heterocycles. The van der Waals surface area contributed by atoms with E-state index in [0.717, 1.165) is 6.54 Å². The van der Waals surface area contributed by atoms with Crippen molar-refractivity contribution in [2.45, 2.75) is 52.2 Å². The molecule has 2 N–H and O–H groups in total. The van der Waals surface area contributed by atoms with E-state index in [0.29, 0.717) is 13.0 Å². The van der Waals surface area contributed by atoms with Crippen molar-refractivity contribution in [3.8, 4) is 0 Å². The third kappa shape index (κ3) is 2.55. The third-order valence-corrected chi connectivity index (χ3v) is 3.21. The lowest BCUT2D eigenvalue weighted by atomic mass is 9.74. The molecular formula is C12H23NO3. The Balaban J connectivity index is 2.80. The molecule has 1 aliphatic rings. The molecule has 0 radical (unpaired) electrons. The zero-order valence-corrected chi connectivity index (χ0v) is 10.9. The molecule has 1 heterocycles. The lowest BCUT2D eigenvalue weighted by Gasteiger charge is -2.38. The fraction of sp³-hybridized carbons (Fsp3) is 0.917. The van der Waals surface area contributed by atoms with Crippen LogP contribution in [0, 0.1) is 5.41 Å². The van der Waals surface area contributed by atoms with Crippen LogP contribution in [0.1, 0.15) is 41.0 Å². The van der Waals surface area contributed by atoms with Crippen molar-refractivity contribution in [2.75, 3.05) is 13.1 Å². The maximum atomic E-state index is 12.1. The van der Waals surface area contributed by atoms with Crippen LogP contribution < -0.4 is 5.32 Å². The Bertz CT molecular complexity index is 272. The van der Waals surface area contributed by atoms with Gasteiger partial charge in [-0.2, -0.15) is 0 Å². The first kappa shape index (κ1) is 13.5. The summed E-state index contributed by atoms with van der Waals surface area (Å²) < 4.78 is 5.35. The van der Waals surface area contributed by atoms with E-state index < -0.39 is 16.6 Å². The van der Waals surface area contributed by atoms with Gasteiger partial charge in [-0.15, -0.1) is 0 Å². The standard InChI is InChI=1S/C12H23NO3/c1-10(2,3)16-9(14)11(4,5)12(15)6-7-13-8-12/h13,15H,6-8H2,1-5H3. The van der Waals surface area contributed by atoms with Crippen molar-refractivity contribution in [3.63, 3.8) is 0 Å². The quantitative estimate of drug-likeness (QED) is 0.696. The fourth-order valence-electron chi connectivity index (χ4n) is 1.81. The van der Waals surface area contributed by atoms with Gasteiger partial charge in [0.15, 0.2) is 0 Å². The normalized spacial score (nSPS) is 26.9. The summed E-state index contributed by atoms with van der Waals surface area (Å²) in [5.74, 6) is -0.341. The first-order valence-corrected chi connectivity index (χ1v) is 5.75. The monoisotopic (exact) mass is 229 g/mol. The smallest absolute Gasteiger partial charge is 0.315 e. The molecule has 16 heavy (non-hydrogen) atoms. The summed E-state index contributed by atoms with van der Waals surface area (Å²) in [4.78, 5) is 12.1. The molecule has 0 bridgehead atoms. The number of hydrogen-bond donors (Lipinski definition) is 2. The number of ether oxygens (including phenoxy) is 1. The number of aliphatic hydroxyl groups is 1. The Labute approximate surface area is 97.4 Å². The van der Waals surface area contributed by atoms with Crippen LogP contribution in [0.3, 0.4) is 0 Å². The summed E-state index contributed by atoms with van der Waals surface area (Å²) >= 11 is 0. The Hall–Kier alpha value is -0.610. The molecule has 0 aromatic carbocycles. The van der Waals surface area contributed by atoms with E-state index in [1.54, 1.807) is 13.8 Å². The largest absolute Gasteiger partial charge is 0.459 e. The van der Waals surface area contributed by atoms with Gasteiger partial charge in [0.25, 0.3) is 0 Å². The van der Waals surface area contributed by atoms with Crippen molar-refractivity contribution in [1.82, 2.24) is 5.32 Å². The molecule has 0 aromatic rings. The minimum absolute atomic E-state index is 0.341. The summed E-state index contributed by atoms with van der Waals surface area (Å²) in [5.41, 5.74) is -2.41. The minimum Gasteiger partial charge on any atom is -0.459 e. The topological polar surface area (TPSA) is 58.6 Å². The van der Waals surface area contributed by atoms with Crippen molar-refractivity contribution < 1.29 is 14.6 Å². The van der Waals surface area contributed by atoms with Crippen LogP contribution in [0.5, 0.6) is 0 Å². The Morgan fingerprint density at radius 2 is 1.88 bits per heavy atom. The summed E-state index contributed by atoms with van der Waals surface area (Å²) in [7, 11) is 0. The molecular weight excluding hydrogens is 206 g/mol. The number of esters is 1. The maximum absolute atomic E-state index is 12.1. The van der Waals surface area contributed by atoms with Gasteiger partial charge in [-0.1, -0.05) is 0 Å². The zero-order valence-electron chi connectivity index (χ0n) is 10.9. The molecule has 1 fully saturated rings. The predicted octanol–water partition coefficient (Wildman–Crippen LogP) is 1.08. The van der Waals surface area contributed by atoms with Crippen molar-refractivity contribution >= 4 is 5.97 Å². The lowest BCUT2D eigenvalue weighted by Crippen LogP contribution is -2.52. The van der Waals surface area contributed by atoms with Crippen LogP contribution in [0.15, 0.2) is 0 Å². The number of rotatable bonds is 2. The second kappa shape index (κ2) is 4.00. The highest BCUT2D eigenvalue weighted by Gasteiger charge is 2.52. The first-order valence-electron chi connectivity index (χ1n) is 5.75. The Morgan fingerprint density at radius 3 is 2.25 bits per heavy atom. The third-order valence-electron chi connectivity index (χ3n) is 3.21. The van der Waals surface area contributed by atoms with Gasteiger partial charge in [0.05, 0.1) is 11.0 Å². The molecule has 0 aliphatic carbocycles. The average Bonchev–Trinajstić information content (AvgIpc) is 2.50. The highest BCUT2D eigenvalue weighted by molar-refractivity contribution is 5.78. The molecule has 4 heteroatoms. The number of carbonyl (C=O) groups excluding carboxylic acids is 1. The first-order chi connectivity index (χ1) is 7.08. The summed E-state index contributed by atoms with van der Waals surface area (Å²) in [6.07, 6.45) is 0.583. The molecule has 94 valence electrons. The highest BCUT2D eigenvalue weighted by Crippen LogP contribution is 2.37. The van der Waals surface area contributed by atoms with Gasteiger partial charge in [0.2, 0.25) is 0 Å².